The highest BCUT2D eigenvalue weighted by atomic mass is 15.2. The van der Waals surface area contributed by atoms with Crippen molar-refractivity contribution >= 4 is 0 Å². The number of rotatable bonds is 2. The van der Waals surface area contributed by atoms with Crippen LogP contribution in [0.5, 0.6) is 0 Å². The van der Waals surface area contributed by atoms with Gasteiger partial charge >= 0.3 is 0 Å². The first-order chi connectivity index (χ1) is 11.2. The Hall–Kier alpha value is -0.860. The summed E-state index contributed by atoms with van der Waals surface area (Å²) in [4.78, 5) is 5.58. The fourth-order valence-corrected chi connectivity index (χ4v) is 5.34. The van der Waals surface area contributed by atoms with Crippen LogP contribution < -0.4 is 0 Å². The molecule has 0 spiro atoms. The lowest BCUT2D eigenvalue weighted by molar-refractivity contribution is 0.0885. The molecule has 126 valence electrons. The van der Waals surface area contributed by atoms with Crippen LogP contribution in [-0.2, 0) is 6.42 Å². The van der Waals surface area contributed by atoms with E-state index in [1.165, 1.54) is 82.3 Å². The minimum atomic E-state index is 0.693. The summed E-state index contributed by atoms with van der Waals surface area (Å²) in [5, 5.41) is 0. The number of likely N-dealkylation sites (tertiary alicyclic amines) is 2. The van der Waals surface area contributed by atoms with E-state index in [1.807, 2.05) is 0 Å². The molecule has 2 aliphatic heterocycles. The predicted molar refractivity (Wildman–Crippen MR) is 97.0 cm³/mol. The molecule has 0 aromatic heterocycles. The van der Waals surface area contributed by atoms with Crippen LogP contribution >= 0.6 is 0 Å². The second-order valence-electron chi connectivity index (χ2n) is 8.01. The summed E-state index contributed by atoms with van der Waals surface area (Å²) in [5.74, 6) is 0. The number of hydrogen-bond acceptors (Lipinski definition) is 2. The molecule has 0 amide bonds. The number of aryl methyl sites for hydroxylation is 2. The third-order valence-corrected chi connectivity index (χ3v) is 6.64. The first-order valence-corrected chi connectivity index (χ1v) is 9.81. The zero-order valence-corrected chi connectivity index (χ0v) is 15.0. The van der Waals surface area contributed by atoms with E-state index in [-0.39, 0.29) is 0 Å². The monoisotopic (exact) mass is 312 g/mol. The van der Waals surface area contributed by atoms with Gasteiger partial charge in [0.05, 0.1) is 0 Å². The van der Waals surface area contributed by atoms with E-state index in [1.54, 1.807) is 11.1 Å². The van der Waals surface area contributed by atoms with Crippen LogP contribution in [-0.4, -0.2) is 42.0 Å². The lowest BCUT2D eigenvalue weighted by atomic mass is 9.81. The molecule has 0 unspecified atom stereocenters. The highest BCUT2D eigenvalue weighted by Crippen LogP contribution is 2.39. The predicted octanol–water partition coefficient (Wildman–Crippen LogP) is 4.24. The fraction of sp³-hybridized carbons (Fsp3) is 0.714. The molecule has 1 atom stereocenters. The van der Waals surface area contributed by atoms with E-state index in [0.29, 0.717) is 6.04 Å². The molecule has 4 rings (SSSR count). The third-order valence-electron chi connectivity index (χ3n) is 6.64. The number of piperidine rings is 1. The van der Waals surface area contributed by atoms with Crippen LogP contribution in [0.2, 0.25) is 0 Å². The van der Waals surface area contributed by atoms with Crippen molar-refractivity contribution in [1.29, 1.82) is 0 Å². The minimum absolute atomic E-state index is 0.693. The summed E-state index contributed by atoms with van der Waals surface area (Å²) in [5.41, 5.74) is 6.40. The van der Waals surface area contributed by atoms with E-state index in [0.717, 1.165) is 6.04 Å². The Morgan fingerprint density at radius 2 is 1.48 bits per heavy atom. The molecule has 0 bridgehead atoms. The average Bonchev–Trinajstić information content (AvgIpc) is 3.13. The summed E-state index contributed by atoms with van der Waals surface area (Å²) >= 11 is 0. The maximum Gasteiger partial charge on any atom is 0.0353 e. The molecule has 23 heavy (non-hydrogen) atoms. The molecule has 0 saturated carbocycles. The van der Waals surface area contributed by atoms with Gasteiger partial charge in [-0.1, -0.05) is 12.1 Å². The van der Waals surface area contributed by atoms with E-state index in [4.69, 9.17) is 0 Å². The van der Waals surface area contributed by atoms with Crippen molar-refractivity contribution < 1.29 is 0 Å². The van der Waals surface area contributed by atoms with Gasteiger partial charge in [0.2, 0.25) is 0 Å². The number of fused-ring (bicyclic) bond motifs is 1. The van der Waals surface area contributed by atoms with Gasteiger partial charge < -0.3 is 4.90 Å². The Morgan fingerprint density at radius 3 is 2.22 bits per heavy atom. The first-order valence-electron chi connectivity index (χ1n) is 9.81. The Bertz CT molecular complexity index is 551. The average molecular weight is 313 g/mol. The molecule has 0 N–H and O–H groups in total. The molecule has 2 heteroatoms. The standard InChI is InChI=1S/C21H32N2/c1-16-8-9-17(2)21-19(16)6-5-7-20(21)23-14-10-18(11-15-23)22-12-3-4-13-22/h8-9,18,20H,3-7,10-15H2,1-2H3/t20-/m0/s1. The van der Waals surface area contributed by atoms with Crippen LogP contribution in [0.1, 0.15) is 66.8 Å². The molecule has 0 radical (unpaired) electrons. The highest BCUT2D eigenvalue weighted by Gasteiger charge is 2.32. The summed E-state index contributed by atoms with van der Waals surface area (Å²) < 4.78 is 0. The molecule has 2 nitrogen and oxygen atoms in total. The SMILES string of the molecule is Cc1ccc(C)c2c1CCC[C@@H]2N1CCC(N2CCCC2)CC1. The summed E-state index contributed by atoms with van der Waals surface area (Å²) in [6.45, 7) is 9.95. The van der Waals surface area contributed by atoms with Gasteiger partial charge in [0.15, 0.2) is 0 Å². The molecule has 3 aliphatic rings. The van der Waals surface area contributed by atoms with Gasteiger partial charge in [-0.05, 0) is 94.1 Å². The Balaban J connectivity index is 1.49. The Morgan fingerprint density at radius 1 is 0.783 bits per heavy atom. The van der Waals surface area contributed by atoms with Gasteiger partial charge in [0.1, 0.15) is 0 Å². The minimum Gasteiger partial charge on any atom is -0.300 e. The van der Waals surface area contributed by atoms with Crippen LogP contribution in [0, 0.1) is 13.8 Å². The Kier molecular flexibility index (Phi) is 4.47. The van der Waals surface area contributed by atoms with E-state index >= 15 is 0 Å². The topological polar surface area (TPSA) is 6.48 Å². The van der Waals surface area contributed by atoms with Crippen molar-refractivity contribution in [3.63, 3.8) is 0 Å². The maximum atomic E-state index is 2.82. The molecule has 1 aromatic carbocycles. The van der Waals surface area contributed by atoms with Crippen LogP contribution in [0.4, 0.5) is 0 Å². The zero-order chi connectivity index (χ0) is 15.8. The van der Waals surface area contributed by atoms with Gasteiger partial charge in [-0.25, -0.2) is 0 Å². The van der Waals surface area contributed by atoms with E-state index in [2.05, 4.69) is 35.8 Å². The summed E-state index contributed by atoms with van der Waals surface area (Å²) in [7, 11) is 0. The normalized spacial score (nSPS) is 27.3. The van der Waals surface area contributed by atoms with Gasteiger partial charge in [0, 0.05) is 25.2 Å². The highest BCUT2D eigenvalue weighted by molar-refractivity contribution is 5.43. The number of hydrogen-bond donors (Lipinski definition) is 0. The van der Waals surface area contributed by atoms with Gasteiger partial charge in [-0.15, -0.1) is 0 Å². The quantitative estimate of drug-likeness (QED) is 0.806. The second kappa shape index (κ2) is 6.57. The van der Waals surface area contributed by atoms with Crippen molar-refractivity contribution in [2.24, 2.45) is 0 Å². The smallest absolute Gasteiger partial charge is 0.0353 e. The summed E-state index contributed by atoms with van der Waals surface area (Å²) in [6.07, 6.45) is 9.65. The molecule has 2 saturated heterocycles. The zero-order valence-electron chi connectivity index (χ0n) is 15.0. The number of nitrogens with zero attached hydrogens (tertiary/aromatic N) is 2. The molecular formula is C21H32N2. The van der Waals surface area contributed by atoms with Gasteiger partial charge in [-0.2, -0.15) is 0 Å². The lowest BCUT2D eigenvalue weighted by Gasteiger charge is -2.43. The van der Waals surface area contributed by atoms with Crippen LogP contribution in [0.25, 0.3) is 0 Å². The van der Waals surface area contributed by atoms with Crippen LogP contribution in [0.15, 0.2) is 12.1 Å². The molecule has 2 fully saturated rings. The molecular weight excluding hydrogens is 280 g/mol. The Labute approximate surface area is 141 Å². The van der Waals surface area contributed by atoms with E-state index in [9.17, 15) is 0 Å². The van der Waals surface area contributed by atoms with Crippen LogP contribution in [0.3, 0.4) is 0 Å². The first kappa shape index (κ1) is 15.7. The van der Waals surface area contributed by atoms with Gasteiger partial charge in [-0.3, -0.25) is 4.90 Å². The largest absolute Gasteiger partial charge is 0.300 e. The van der Waals surface area contributed by atoms with Crippen molar-refractivity contribution in [1.82, 2.24) is 9.80 Å². The fourth-order valence-electron chi connectivity index (χ4n) is 5.34. The lowest BCUT2D eigenvalue weighted by Crippen LogP contribution is -2.45. The van der Waals surface area contributed by atoms with Crippen molar-refractivity contribution in [3.8, 4) is 0 Å². The molecule has 2 heterocycles. The molecule has 1 aliphatic carbocycles. The van der Waals surface area contributed by atoms with Crippen molar-refractivity contribution in [2.45, 2.75) is 70.9 Å². The van der Waals surface area contributed by atoms with Crippen molar-refractivity contribution in [2.75, 3.05) is 26.2 Å². The second-order valence-corrected chi connectivity index (χ2v) is 8.01. The van der Waals surface area contributed by atoms with E-state index < -0.39 is 0 Å². The maximum absolute atomic E-state index is 2.82. The van der Waals surface area contributed by atoms with Gasteiger partial charge in [0.25, 0.3) is 0 Å². The molecule has 1 aromatic rings. The van der Waals surface area contributed by atoms with Crippen molar-refractivity contribution in [3.05, 3.63) is 34.4 Å². The number of benzene rings is 1. The third kappa shape index (κ3) is 2.96. The summed E-state index contributed by atoms with van der Waals surface area (Å²) in [6, 6.07) is 6.24.